The molecule has 4 aliphatic rings. The largest absolute Gasteiger partial charge is 0.453 e. The second-order valence-electron chi connectivity index (χ2n) is 19.7. The van der Waals surface area contributed by atoms with Crippen LogP contribution in [0, 0.1) is 11.8 Å². The van der Waals surface area contributed by atoms with E-state index in [4.69, 9.17) is 19.4 Å². The topological polar surface area (TPSA) is 175 Å². The first-order chi connectivity index (χ1) is 32.9. The first-order valence-corrected chi connectivity index (χ1v) is 24.1. The summed E-state index contributed by atoms with van der Waals surface area (Å²) < 4.78 is 9.74. The third-order valence-corrected chi connectivity index (χ3v) is 15.0. The summed E-state index contributed by atoms with van der Waals surface area (Å²) in [5, 5.41) is 5.52. The highest BCUT2D eigenvalue weighted by Crippen LogP contribution is 2.58. The van der Waals surface area contributed by atoms with E-state index in [0.717, 1.165) is 58.8 Å². The number of H-pyrrole nitrogens is 2. The summed E-state index contributed by atoms with van der Waals surface area (Å²) >= 11 is 0. The maximum atomic E-state index is 14.2. The molecule has 68 heavy (non-hydrogen) atoms. The van der Waals surface area contributed by atoms with Crippen LogP contribution in [0.15, 0.2) is 91.1 Å². The fourth-order valence-electron chi connectivity index (χ4n) is 11.7. The third kappa shape index (κ3) is 8.17. The average Bonchev–Trinajstić information content (AvgIpc) is 4.23. The molecular formula is C54H60N8O6. The minimum atomic E-state index is -0.891. The van der Waals surface area contributed by atoms with Crippen molar-refractivity contribution in [2.75, 3.05) is 20.8 Å². The predicted molar refractivity (Wildman–Crippen MR) is 259 cm³/mol. The lowest BCUT2D eigenvalue weighted by Gasteiger charge is -2.32. The van der Waals surface area contributed by atoms with Gasteiger partial charge in [-0.05, 0) is 126 Å². The first-order valence-electron chi connectivity index (χ1n) is 24.1. The van der Waals surface area contributed by atoms with Gasteiger partial charge in [0.05, 0.1) is 49.2 Å². The molecule has 2 saturated heterocycles. The average molecular weight is 917 g/mol. The zero-order valence-corrected chi connectivity index (χ0v) is 39.5. The van der Waals surface area contributed by atoms with Crippen LogP contribution in [0.3, 0.4) is 0 Å². The number of alkyl carbamates (subject to hydrolysis) is 2. The molecule has 4 amide bonds. The lowest BCUT2D eigenvalue weighted by atomic mass is 9.81. The highest BCUT2D eigenvalue weighted by atomic mass is 16.5. The smallest absolute Gasteiger partial charge is 0.407 e. The number of hydrogen-bond donors (Lipinski definition) is 4. The number of ether oxygens (including phenoxy) is 2. The molecule has 1 saturated carbocycles. The van der Waals surface area contributed by atoms with Crippen molar-refractivity contribution < 1.29 is 28.7 Å². The maximum absolute atomic E-state index is 14.2. The molecular weight excluding hydrogens is 857 g/mol. The zero-order chi connectivity index (χ0) is 47.4. The summed E-state index contributed by atoms with van der Waals surface area (Å²) in [6, 6.07) is 26.9. The molecule has 2 aromatic heterocycles. The normalized spacial score (nSPS) is 22.6. The van der Waals surface area contributed by atoms with E-state index < -0.39 is 24.3 Å². The second-order valence-corrected chi connectivity index (χ2v) is 19.7. The minimum absolute atomic E-state index is 0.00206. The van der Waals surface area contributed by atoms with Crippen LogP contribution in [0.4, 0.5) is 9.59 Å². The number of nitrogens with one attached hydrogen (secondary N) is 4. The van der Waals surface area contributed by atoms with Gasteiger partial charge in [-0.15, -0.1) is 0 Å². The first kappa shape index (κ1) is 44.9. The molecule has 0 spiro atoms. The Labute approximate surface area is 396 Å². The van der Waals surface area contributed by atoms with Gasteiger partial charge in [-0.2, -0.15) is 0 Å². The Kier molecular flexibility index (Phi) is 12.0. The van der Waals surface area contributed by atoms with E-state index in [0.29, 0.717) is 23.9 Å². The van der Waals surface area contributed by atoms with Gasteiger partial charge in [0.25, 0.3) is 5.91 Å². The van der Waals surface area contributed by atoms with Gasteiger partial charge in [-0.25, -0.2) is 19.6 Å². The van der Waals surface area contributed by atoms with Gasteiger partial charge < -0.3 is 39.9 Å². The van der Waals surface area contributed by atoms with E-state index in [2.05, 4.69) is 89.0 Å². The number of benzene rings is 4. The lowest BCUT2D eigenvalue weighted by molar-refractivity contribution is -0.137. The summed E-state index contributed by atoms with van der Waals surface area (Å²) in [6.45, 7) is 8.59. The number of aromatic nitrogens is 4. The van der Waals surface area contributed by atoms with E-state index in [-0.39, 0.29) is 41.8 Å². The van der Waals surface area contributed by atoms with Crippen LogP contribution in [-0.2, 0) is 19.1 Å². The Morgan fingerprint density at radius 2 is 1.37 bits per heavy atom. The van der Waals surface area contributed by atoms with Crippen molar-refractivity contribution in [1.29, 1.82) is 0 Å². The molecule has 4 aromatic carbocycles. The Bertz CT molecular complexity index is 2870. The number of carbonyl (C=O) groups is 4. The number of likely N-dealkylation sites (tertiary alicyclic amines) is 2. The zero-order valence-electron chi connectivity index (χ0n) is 39.5. The third-order valence-electron chi connectivity index (χ3n) is 15.0. The minimum Gasteiger partial charge on any atom is -0.453 e. The number of hydrogen-bond acceptors (Lipinski definition) is 8. The summed E-state index contributed by atoms with van der Waals surface area (Å²) in [6.07, 6.45) is 6.48. The van der Waals surface area contributed by atoms with Crippen molar-refractivity contribution in [2.24, 2.45) is 11.8 Å². The van der Waals surface area contributed by atoms with Gasteiger partial charge >= 0.3 is 12.2 Å². The number of fused-ring (bicyclic) bond motifs is 6. The monoisotopic (exact) mass is 916 g/mol. The molecule has 2 bridgehead atoms. The molecule has 0 radical (unpaired) electrons. The molecule has 4 heterocycles. The molecule has 14 heteroatoms. The van der Waals surface area contributed by atoms with Crippen LogP contribution in [0.1, 0.15) is 125 Å². The fraction of sp³-hybridized carbons (Fsp3) is 0.407. The highest BCUT2D eigenvalue weighted by molar-refractivity contribution is 5.89. The van der Waals surface area contributed by atoms with Crippen molar-refractivity contribution >= 4 is 35.0 Å². The summed E-state index contributed by atoms with van der Waals surface area (Å²) in [5.74, 6) is 2.30. The van der Waals surface area contributed by atoms with Crippen LogP contribution in [0.2, 0.25) is 0 Å². The van der Waals surface area contributed by atoms with Crippen molar-refractivity contribution in [3.63, 3.8) is 0 Å². The summed E-state index contributed by atoms with van der Waals surface area (Å²) in [7, 11) is 2.60. The van der Waals surface area contributed by atoms with E-state index in [9.17, 15) is 19.2 Å². The standard InChI is InChI=1S/C54H60N8O6/c1-29(2)47(59-53(65)67-5)52(64)62-31(4)12-23-43(62)50-56-40-22-19-35(26-41(40)57-50)39-21-20-38(45-36-17-18-37(25-36)46(39)45)32-13-15-33(16-14-32)42-27-55-49(58-42)44-24-30(3)28-61(44)51(63)48(60-54(66)68-6)34-10-8-7-9-11-34/h7-11,13-16,19-22,26-27,29-31,36-37,43-44,47-48H,12,17-18,23-25,28H2,1-6H3,(H,55,58)(H,56,57)(H,59,65)(H,60,66)/t30-,31-,36?,37?,43-,44?,47-,48?/m0/s1. The molecule has 352 valence electrons. The van der Waals surface area contributed by atoms with Crippen molar-refractivity contribution in [3.05, 3.63) is 119 Å². The van der Waals surface area contributed by atoms with Crippen molar-refractivity contribution in [2.45, 2.75) is 108 Å². The van der Waals surface area contributed by atoms with Gasteiger partial charge in [0.1, 0.15) is 23.7 Å². The number of imidazole rings is 2. The van der Waals surface area contributed by atoms with Crippen molar-refractivity contribution in [3.8, 4) is 33.5 Å². The molecule has 10 rings (SSSR count). The van der Waals surface area contributed by atoms with E-state index in [1.165, 1.54) is 61.3 Å². The molecule has 2 aliphatic carbocycles. The quantitative estimate of drug-likeness (QED) is 0.0994. The fourth-order valence-corrected chi connectivity index (χ4v) is 11.7. The van der Waals surface area contributed by atoms with E-state index in [1.807, 2.05) is 60.2 Å². The summed E-state index contributed by atoms with van der Waals surface area (Å²) in [5.41, 5.74) is 12.1. The molecule has 2 aliphatic heterocycles. The van der Waals surface area contributed by atoms with Crippen LogP contribution < -0.4 is 10.6 Å². The number of nitrogens with zero attached hydrogens (tertiary/aromatic N) is 4. The Morgan fingerprint density at radius 3 is 2.06 bits per heavy atom. The SMILES string of the molecule is COC(=O)NC(C(=O)N1C[C@@H](C)CC1c1ncc(-c2ccc(-c3ccc(-c4ccc5nc([C@@H]6CC[C@H](C)N6C(=O)[C@@H](NC(=O)OC)C(C)C)[nH]c5c4)c4c3C3CCC4C3)cc2)[nH]1)c1ccccc1. The van der Waals surface area contributed by atoms with E-state index in [1.54, 1.807) is 0 Å². The highest BCUT2D eigenvalue weighted by Gasteiger charge is 2.43. The second kappa shape index (κ2) is 18.3. The van der Waals surface area contributed by atoms with Crippen LogP contribution >= 0.6 is 0 Å². The van der Waals surface area contributed by atoms with Gasteiger partial charge in [0.2, 0.25) is 5.91 Å². The van der Waals surface area contributed by atoms with Crippen molar-refractivity contribution in [1.82, 2.24) is 40.4 Å². The lowest BCUT2D eigenvalue weighted by Crippen LogP contribution is -2.52. The van der Waals surface area contributed by atoms with Crippen LogP contribution in [0.25, 0.3) is 44.5 Å². The Balaban J connectivity index is 0.894. The number of methoxy groups -OCH3 is 2. The molecule has 8 atom stereocenters. The number of carbonyl (C=O) groups excluding carboxylic acids is 4. The van der Waals surface area contributed by atoms with Crippen LogP contribution in [0.5, 0.6) is 0 Å². The van der Waals surface area contributed by atoms with Gasteiger partial charge in [0, 0.05) is 12.6 Å². The van der Waals surface area contributed by atoms with Crippen LogP contribution in [-0.4, -0.2) is 86.6 Å². The summed E-state index contributed by atoms with van der Waals surface area (Å²) in [4.78, 5) is 73.5. The van der Waals surface area contributed by atoms with Gasteiger partial charge in [0.15, 0.2) is 0 Å². The van der Waals surface area contributed by atoms with Gasteiger partial charge in [-0.1, -0.05) is 93.6 Å². The number of amides is 4. The van der Waals surface area contributed by atoms with Gasteiger partial charge in [-0.3, -0.25) is 9.59 Å². The number of aromatic amines is 2. The Morgan fingerprint density at radius 1 is 0.706 bits per heavy atom. The Hall–Kier alpha value is -6.96. The molecule has 6 aromatic rings. The van der Waals surface area contributed by atoms with E-state index >= 15 is 0 Å². The molecule has 14 nitrogen and oxygen atoms in total. The maximum Gasteiger partial charge on any atom is 0.407 e. The molecule has 3 fully saturated rings. The molecule has 4 N–H and O–H groups in total. The molecule has 4 unspecified atom stereocenters. The predicted octanol–water partition coefficient (Wildman–Crippen LogP) is 10.1. The number of rotatable bonds is 11.